The van der Waals surface area contributed by atoms with Gasteiger partial charge in [-0.05, 0) is 42.7 Å². The molecule has 0 saturated heterocycles. The lowest BCUT2D eigenvalue weighted by Crippen LogP contribution is -2.27. The van der Waals surface area contributed by atoms with Crippen LogP contribution in [0.2, 0.25) is 0 Å². The molecule has 2 aromatic heterocycles. The Kier molecular flexibility index (Phi) is 5.80. The van der Waals surface area contributed by atoms with Gasteiger partial charge in [0, 0.05) is 19.3 Å². The molecule has 27 heavy (non-hydrogen) atoms. The van der Waals surface area contributed by atoms with Gasteiger partial charge in [0.1, 0.15) is 5.82 Å². The Morgan fingerprint density at radius 2 is 1.78 bits per heavy atom. The lowest BCUT2D eigenvalue weighted by molar-refractivity contribution is 0.0942. The normalized spacial score (nSPS) is 10.7. The number of amides is 2. The Balaban J connectivity index is 1.74. The van der Waals surface area contributed by atoms with Crippen LogP contribution in [0.4, 0.5) is 4.39 Å². The van der Waals surface area contributed by atoms with Gasteiger partial charge in [-0.1, -0.05) is 25.1 Å². The summed E-state index contributed by atoms with van der Waals surface area (Å²) in [6.07, 6.45) is 3.09. The molecule has 0 aliphatic carbocycles. The van der Waals surface area contributed by atoms with Crippen molar-refractivity contribution in [3.8, 4) is 0 Å². The summed E-state index contributed by atoms with van der Waals surface area (Å²) in [6, 6.07) is 11.5. The van der Waals surface area contributed by atoms with Crippen molar-refractivity contribution in [2.24, 2.45) is 0 Å². The van der Waals surface area contributed by atoms with Crippen LogP contribution in [0.1, 0.15) is 40.0 Å². The first-order chi connectivity index (χ1) is 13.1. The van der Waals surface area contributed by atoms with E-state index >= 15 is 0 Å². The maximum absolute atomic E-state index is 12.9. The molecule has 1 aromatic carbocycles. The van der Waals surface area contributed by atoms with Crippen LogP contribution in [0.3, 0.4) is 0 Å². The number of hydrogen-bond acceptors (Lipinski definition) is 3. The highest BCUT2D eigenvalue weighted by atomic mass is 19.1. The number of pyridine rings is 1. The minimum absolute atomic E-state index is 0.183. The monoisotopic (exact) mass is 368 g/mol. The van der Waals surface area contributed by atoms with Crippen molar-refractivity contribution in [1.29, 1.82) is 0 Å². The molecule has 2 amide bonds. The second-order valence-electron chi connectivity index (χ2n) is 6.13. The van der Waals surface area contributed by atoms with Crippen LogP contribution in [-0.2, 0) is 6.42 Å². The Labute approximate surface area is 156 Å². The SMILES string of the molecule is CCCNC(=O)c1nc(C(=O)NCCc2ccc(F)cc2)c2ccccn12. The number of benzene rings is 1. The number of fused-ring (bicyclic) bond motifs is 1. The highest BCUT2D eigenvalue weighted by Crippen LogP contribution is 2.13. The second kappa shape index (κ2) is 8.44. The smallest absolute Gasteiger partial charge is 0.287 e. The van der Waals surface area contributed by atoms with E-state index in [1.54, 1.807) is 40.9 Å². The molecule has 0 saturated carbocycles. The molecule has 0 unspecified atom stereocenters. The van der Waals surface area contributed by atoms with E-state index in [4.69, 9.17) is 0 Å². The first-order valence-electron chi connectivity index (χ1n) is 8.88. The zero-order valence-corrected chi connectivity index (χ0v) is 15.0. The summed E-state index contributed by atoms with van der Waals surface area (Å²) in [7, 11) is 0. The van der Waals surface area contributed by atoms with Gasteiger partial charge >= 0.3 is 0 Å². The summed E-state index contributed by atoms with van der Waals surface area (Å²) in [5.41, 5.74) is 1.70. The minimum atomic E-state index is -0.352. The molecule has 3 aromatic rings. The molecule has 2 N–H and O–H groups in total. The van der Waals surface area contributed by atoms with Crippen molar-refractivity contribution in [3.05, 3.63) is 71.6 Å². The highest BCUT2D eigenvalue weighted by molar-refractivity contribution is 6.02. The summed E-state index contributed by atoms with van der Waals surface area (Å²) >= 11 is 0. The first kappa shape index (κ1) is 18.6. The van der Waals surface area contributed by atoms with Crippen LogP contribution < -0.4 is 10.6 Å². The van der Waals surface area contributed by atoms with E-state index in [1.807, 2.05) is 6.92 Å². The molecule has 140 valence electrons. The Bertz CT molecular complexity index is 950. The number of nitrogens with one attached hydrogen (secondary N) is 2. The number of aromatic nitrogens is 2. The minimum Gasteiger partial charge on any atom is -0.350 e. The molecular weight excluding hydrogens is 347 g/mol. The second-order valence-corrected chi connectivity index (χ2v) is 6.13. The molecule has 0 atom stereocenters. The van der Waals surface area contributed by atoms with Gasteiger partial charge in [0.25, 0.3) is 11.8 Å². The Hall–Kier alpha value is -3.22. The fourth-order valence-corrected chi connectivity index (χ4v) is 2.74. The van der Waals surface area contributed by atoms with E-state index in [-0.39, 0.29) is 29.1 Å². The molecule has 3 rings (SSSR count). The predicted octanol–water partition coefficient (Wildman–Crippen LogP) is 2.59. The van der Waals surface area contributed by atoms with E-state index in [1.165, 1.54) is 12.1 Å². The molecule has 0 bridgehead atoms. The van der Waals surface area contributed by atoms with Crippen LogP contribution in [0.15, 0.2) is 48.7 Å². The average molecular weight is 368 g/mol. The fourth-order valence-electron chi connectivity index (χ4n) is 2.74. The summed E-state index contributed by atoms with van der Waals surface area (Å²) in [4.78, 5) is 29.2. The molecule has 0 spiro atoms. The first-order valence-corrected chi connectivity index (χ1v) is 8.88. The molecule has 0 aliphatic heterocycles. The standard InChI is InChI=1S/C20H21FN4O2/c1-2-11-22-20(27)18-24-17(16-5-3-4-13-25(16)18)19(26)23-12-10-14-6-8-15(21)9-7-14/h3-9,13H,2,10-12H2,1H3,(H,22,27)(H,23,26). The lowest BCUT2D eigenvalue weighted by atomic mass is 10.1. The van der Waals surface area contributed by atoms with E-state index in [2.05, 4.69) is 15.6 Å². The molecule has 7 heteroatoms. The average Bonchev–Trinajstić information content (AvgIpc) is 3.07. The number of rotatable bonds is 7. The number of halogens is 1. The van der Waals surface area contributed by atoms with E-state index in [9.17, 15) is 14.0 Å². The van der Waals surface area contributed by atoms with Gasteiger partial charge in [0.15, 0.2) is 5.69 Å². The van der Waals surface area contributed by atoms with Gasteiger partial charge < -0.3 is 10.6 Å². The fraction of sp³-hybridized carbons (Fsp3) is 0.250. The van der Waals surface area contributed by atoms with Crippen molar-refractivity contribution in [3.63, 3.8) is 0 Å². The van der Waals surface area contributed by atoms with Crippen LogP contribution in [0, 0.1) is 5.82 Å². The molecular formula is C20H21FN4O2. The molecule has 0 fully saturated rings. The Morgan fingerprint density at radius 1 is 1.04 bits per heavy atom. The van der Waals surface area contributed by atoms with E-state index in [0.717, 1.165) is 12.0 Å². The van der Waals surface area contributed by atoms with Gasteiger partial charge in [0.2, 0.25) is 5.82 Å². The van der Waals surface area contributed by atoms with Crippen LogP contribution in [0.5, 0.6) is 0 Å². The van der Waals surface area contributed by atoms with Crippen molar-refractivity contribution in [2.75, 3.05) is 13.1 Å². The van der Waals surface area contributed by atoms with Crippen LogP contribution >= 0.6 is 0 Å². The van der Waals surface area contributed by atoms with Gasteiger partial charge in [-0.25, -0.2) is 9.37 Å². The maximum Gasteiger partial charge on any atom is 0.287 e. The van der Waals surface area contributed by atoms with Gasteiger partial charge in [-0.2, -0.15) is 0 Å². The Morgan fingerprint density at radius 3 is 2.52 bits per heavy atom. The number of imidazole rings is 1. The number of hydrogen-bond donors (Lipinski definition) is 2. The zero-order chi connectivity index (χ0) is 19.2. The summed E-state index contributed by atoms with van der Waals surface area (Å²) in [6.45, 7) is 2.89. The third kappa shape index (κ3) is 4.31. The van der Waals surface area contributed by atoms with Gasteiger partial charge in [-0.15, -0.1) is 0 Å². The number of nitrogens with zero attached hydrogens (tertiary/aromatic N) is 2. The number of carbonyl (C=O) groups is 2. The van der Waals surface area contributed by atoms with Crippen molar-refractivity contribution in [1.82, 2.24) is 20.0 Å². The maximum atomic E-state index is 12.9. The van der Waals surface area contributed by atoms with E-state index in [0.29, 0.717) is 25.0 Å². The summed E-state index contributed by atoms with van der Waals surface area (Å²) in [5, 5.41) is 5.59. The van der Waals surface area contributed by atoms with Crippen LogP contribution in [0.25, 0.3) is 5.52 Å². The van der Waals surface area contributed by atoms with Crippen molar-refractivity contribution < 1.29 is 14.0 Å². The largest absolute Gasteiger partial charge is 0.350 e. The lowest BCUT2D eigenvalue weighted by Gasteiger charge is -2.04. The van der Waals surface area contributed by atoms with Crippen LogP contribution in [-0.4, -0.2) is 34.3 Å². The van der Waals surface area contributed by atoms with Crippen molar-refractivity contribution >= 4 is 17.3 Å². The quantitative estimate of drug-likeness (QED) is 0.673. The molecule has 6 nitrogen and oxygen atoms in total. The summed E-state index contributed by atoms with van der Waals surface area (Å²) < 4.78 is 14.5. The third-order valence-electron chi connectivity index (χ3n) is 4.11. The van der Waals surface area contributed by atoms with Gasteiger partial charge in [-0.3, -0.25) is 14.0 Å². The third-order valence-corrected chi connectivity index (χ3v) is 4.11. The topological polar surface area (TPSA) is 75.5 Å². The molecule has 0 radical (unpaired) electrons. The summed E-state index contributed by atoms with van der Waals surface area (Å²) in [5.74, 6) is -0.775. The van der Waals surface area contributed by atoms with Crippen molar-refractivity contribution in [2.45, 2.75) is 19.8 Å². The predicted molar refractivity (Wildman–Crippen MR) is 100 cm³/mol. The number of carbonyl (C=O) groups excluding carboxylic acids is 2. The van der Waals surface area contributed by atoms with E-state index < -0.39 is 0 Å². The molecule has 2 heterocycles. The zero-order valence-electron chi connectivity index (χ0n) is 15.0. The highest BCUT2D eigenvalue weighted by Gasteiger charge is 2.20. The molecule has 0 aliphatic rings. The van der Waals surface area contributed by atoms with Gasteiger partial charge in [0.05, 0.1) is 5.52 Å².